The van der Waals surface area contributed by atoms with Crippen LogP contribution in [0.15, 0.2) is 52.4 Å². The van der Waals surface area contributed by atoms with E-state index in [1.54, 1.807) is 25.1 Å². The Labute approximate surface area is 174 Å². The van der Waals surface area contributed by atoms with E-state index in [0.717, 1.165) is 24.6 Å². The van der Waals surface area contributed by atoms with E-state index in [4.69, 9.17) is 0 Å². The molecule has 9 heteroatoms. The van der Waals surface area contributed by atoms with Gasteiger partial charge in [-0.1, -0.05) is 18.6 Å². The molecule has 0 aromatic heterocycles. The van der Waals surface area contributed by atoms with Crippen LogP contribution >= 0.6 is 0 Å². The number of unbranched alkanes of at least 4 members (excludes halogenated alkanes) is 2. The molecule has 2 N–H and O–H groups in total. The number of carbonyl (C=O) groups is 1. The van der Waals surface area contributed by atoms with Crippen molar-refractivity contribution in [3.8, 4) is 0 Å². The number of amidine groups is 1. The highest BCUT2D eigenvalue weighted by molar-refractivity contribution is 7.90. The van der Waals surface area contributed by atoms with Crippen molar-refractivity contribution in [2.45, 2.75) is 43.5 Å². The lowest BCUT2D eigenvalue weighted by Crippen LogP contribution is -2.27. The predicted molar refractivity (Wildman–Crippen MR) is 110 cm³/mol. The number of aliphatic imine (C=N–C) groups is 1. The molecule has 1 atom stereocenters. The molecule has 0 saturated carbocycles. The van der Waals surface area contributed by atoms with Gasteiger partial charge in [-0.25, -0.2) is 17.2 Å². The van der Waals surface area contributed by atoms with Gasteiger partial charge in [0.25, 0.3) is 10.0 Å². The van der Waals surface area contributed by atoms with Crippen molar-refractivity contribution >= 4 is 21.8 Å². The molecule has 2 aromatic carbocycles. The Bertz CT molecular complexity index is 1070. The van der Waals surface area contributed by atoms with Crippen molar-refractivity contribution in [2.24, 2.45) is 4.99 Å². The van der Waals surface area contributed by atoms with Crippen LogP contribution in [0.4, 0.5) is 8.78 Å². The van der Waals surface area contributed by atoms with Gasteiger partial charge < -0.3 is 5.32 Å². The Morgan fingerprint density at radius 2 is 1.90 bits per heavy atom. The zero-order valence-corrected chi connectivity index (χ0v) is 17.3. The molecule has 6 nitrogen and oxygen atoms in total. The van der Waals surface area contributed by atoms with Crippen molar-refractivity contribution in [1.82, 2.24) is 10.0 Å². The normalized spacial score (nSPS) is 16.7. The number of hydrogen-bond donors (Lipinski definition) is 2. The minimum atomic E-state index is -3.54. The standard InChI is InChI=1S/C21H23F2N3O3S/c1-14(17-13-15(22)10-11-18(17)23)25-20(27)9-3-2-6-12-24-21-16-7-4-5-8-19(16)30(28,29)26-21/h4-5,7-8,10-11,13-14H,2-3,6,9,12H2,1H3,(H,24,26)(H,25,27). The number of rotatable bonds is 8. The maximum absolute atomic E-state index is 13.8. The van der Waals surface area contributed by atoms with E-state index in [2.05, 4.69) is 15.0 Å². The van der Waals surface area contributed by atoms with Crippen molar-refractivity contribution in [3.63, 3.8) is 0 Å². The van der Waals surface area contributed by atoms with Crippen LogP contribution in [-0.4, -0.2) is 26.7 Å². The van der Waals surface area contributed by atoms with Gasteiger partial charge in [0, 0.05) is 24.1 Å². The Hall–Kier alpha value is -2.81. The van der Waals surface area contributed by atoms with Gasteiger partial charge in [-0.05, 0) is 50.1 Å². The van der Waals surface area contributed by atoms with Crippen LogP contribution in [0, 0.1) is 11.6 Å². The minimum Gasteiger partial charge on any atom is -0.349 e. The summed E-state index contributed by atoms with van der Waals surface area (Å²) in [5, 5.41) is 2.67. The van der Waals surface area contributed by atoms with Gasteiger partial charge in [-0.3, -0.25) is 14.5 Å². The van der Waals surface area contributed by atoms with Gasteiger partial charge >= 0.3 is 0 Å². The third kappa shape index (κ3) is 5.21. The smallest absolute Gasteiger partial charge is 0.263 e. The van der Waals surface area contributed by atoms with Crippen molar-refractivity contribution in [1.29, 1.82) is 0 Å². The molecule has 0 bridgehead atoms. The second-order valence-electron chi connectivity index (χ2n) is 7.10. The first-order chi connectivity index (χ1) is 14.3. The minimum absolute atomic E-state index is 0.110. The first kappa shape index (κ1) is 21.9. The average molecular weight is 435 g/mol. The number of sulfonamides is 1. The second kappa shape index (κ2) is 9.34. The fraction of sp³-hybridized carbons (Fsp3) is 0.333. The van der Waals surface area contributed by atoms with Crippen LogP contribution in [-0.2, 0) is 14.8 Å². The zero-order valence-electron chi connectivity index (χ0n) is 16.5. The third-order valence-corrected chi connectivity index (χ3v) is 6.19. The lowest BCUT2D eigenvalue weighted by molar-refractivity contribution is -0.121. The Kier molecular flexibility index (Phi) is 6.81. The maximum atomic E-state index is 13.8. The largest absolute Gasteiger partial charge is 0.349 e. The Morgan fingerprint density at radius 3 is 2.70 bits per heavy atom. The van der Waals surface area contributed by atoms with Crippen molar-refractivity contribution in [3.05, 3.63) is 65.2 Å². The first-order valence-electron chi connectivity index (χ1n) is 9.69. The molecule has 0 spiro atoms. The summed E-state index contributed by atoms with van der Waals surface area (Å²) in [4.78, 5) is 16.6. The van der Waals surface area contributed by atoms with Crippen LogP contribution in [0.1, 0.15) is 49.8 Å². The molecule has 1 aliphatic rings. The monoisotopic (exact) mass is 435 g/mol. The summed E-state index contributed by atoms with van der Waals surface area (Å²) >= 11 is 0. The number of fused-ring (bicyclic) bond motifs is 1. The molecule has 1 aliphatic heterocycles. The van der Waals surface area contributed by atoms with Gasteiger partial charge in [0.1, 0.15) is 17.5 Å². The summed E-state index contributed by atoms with van der Waals surface area (Å²) in [6.45, 7) is 2.03. The van der Waals surface area contributed by atoms with E-state index in [1.165, 1.54) is 6.07 Å². The van der Waals surface area contributed by atoms with Crippen molar-refractivity contribution in [2.75, 3.05) is 6.54 Å². The zero-order chi connectivity index (χ0) is 21.7. The molecule has 0 fully saturated rings. The van der Waals surface area contributed by atoms with E-state index < -0.39 is 27.7 Å². The van der Waals surface area contributed by atoms with E-state index in [0.29, 0.717) is 30.8 Å². The second-order valence-corrected chi connectivity index (χ2v) is 8.75. The van der Waals surface area contributed by atoms with Crippen LogP contribution < -0.4 is 10.0 Å². The summed E-state index contributed by atoms with van der Waals surface area (Å²) in [5.41, 5.74) is 0.675. The molecule has 1 amide bonds. The SMILES string of the molecule is CC(NC(=O)CCCCCN=C1NS(=O)(=O)c2ccccc21)c1cc(F)ccc1F. The quantitative estimate of drug-likeness (QED) is 0.623. The lowest BCUT2D eigenvalue weighted by Gasteiger charge is -2.15. The molecule has 2 aromatic rings. The van der Waals surface area contributed by atoms with Gasteiger partial charge in [0.2, 0.25) is 5.91 Å². The molecule has 3 rings (SSSR count). The number of hydrogen-bond acceptors (Lipinski definition) is 4. The van der Waals surface area contributed by atoms with Gasteiger partial charge in [-0.15, -0.1) is 0 Å². The molecule has 0 radical (unpaired) electrons. The number of carbonyl (C=O) groups excluding carboxylic acids is 1. The molecule has 0 saturated heterocycles. The summed E-state index contributed by atoms with van der Waals surface area (Å²) in [6, 6.07) is 9.18. The van der Waals surface area contributed by atoms with Gasteiger partial charge in [-0.2, -0.15) is 0 Å². The molecule has 1 heterocycles. The number of amides is 1. The average Bonchev–Trinajstić information content (AvgIpc) is 2.97. The van der Waals surface area contributed by atoms with E-state index >= 15 is 0 Å². The summed E-state index contributed by atoms with van der Waals surface area (Å²) in [7, 11) is -3.54. The highest BCUT2D eigenvalue weighted by Crippen LogP contribution is 2.22. The summed E-state index contributed by atoms with van der Waals surface area (Å²) in [5.74, 6) is -1.02. The number of halogens is 2. The van der Waals surface area contributed by atoms with E-state index in [-0.39, 0.29) is 22.8 Å². The molecule has 1 unspecified atom stereocenters. The number of nitrogens with one attached hydrogen (secondary N) is 2. The molecule has 0 aliphatic carbocycles. The number of benzene rings is 2. The fourth-order valence-electron chi connectivity index (χ4n) is 3.25. The molecular formula is C21H23F2N3O3S. The lowest BCUT2D eigenvalue weighted by atomic mass is 10.1. The summed E-state index contributed by atoms with van der Waals surface area (Å²) < 4.78 is 53.5. The molecule has 30 heavy (non-hydrogen) atoms. The Morgan fingerprint density at radius 1 is 1.13 bits per heavy atom. The van der Waals surface area contributed by atoms with E-state index in [1.807, 2.05) is 0 Å². The fourth-order valence-corrected chi connectivity index (χ4v) is 4.51. The topological polar surface area (TPSA) is 87.6 Å². The van der Waals surface area contributed by atoms with Gasteiger partial charge in [0.05, 0.1) is 10.9 Å². The Balaban J connectivity index is 1.41. The molecular weight excluding hydrogens is 412 g/mol. The maximum Gasteiger partial charge on any atom is 0.263 e. The molecule has 160 valence electrons. The third-order valence-electron chi connectivity index (χ3n) is 4.80. The number of nitrogens with zero attached hydrogens (tertiary/aromatic N) is 1. The van der Waals surface area contributed by atoms with Crippen LogP contribution in [0.2, 0.25) is 0 Å². The van der Waals surface area contributed by atoms with Gasteiger partial charge in [0.15, 0.2) is 0 Å². The first-order valence-corrected chi connectivity index (χ1v) is 11.2. The predicted octanol–water partition coefficient (Wildman–Crippen LogP) is 3.44. The van der Waals surface area contributed by atoms with Crippen LogP contribution in [0.3, 0.4) is 0 Å². The van der Waals surface area contributed by atoms with Crippen molar-refractivity contribution < 1.29 is 22.0 Å². The van der Waals surface area contributed by atoms with E-state index in [9.17, 15) is 22.0 Å². The van der Waals surface area contributed by atoms with Crippen LogP contribution in [0.5, 0.6) is 0 Å². The summed E-state index contributed by atoms with van der Waals surface area (Å²) in [6.07, 6.45) is 2.28. The highest BCUT2D eigenvalue weighted by atomic mass is 32.2. The van der Waals surface area contributed by atoms with Crippen LogP contribution in [0.25, 0.3) is 0 Å². The highest BCUT2D eigenvalue weighted by Gasteiger charge is 2.29.